The molecule has 1 saturated carbocycles. The van der Waals surface area contributed by atoms with Gasteiger partial charge in [-0.3, -0.25) is 0 Å². The Bertz CT molecular complexity index is 562. The predicted molar refractivity (Wildman–Crippen MR) is 87.1 cm³/mol. The summed E-state index contributed by atoms with van der Waals surface area (Å²) in [5, 5.41) is 0. The van der Waals surface area contributed by atoms with Crippen LogP contribution in [0, 0.1) is 0 Å². The van der Waals surface area contributed by atoms with Crippen LogP contribution >= 0.6 is 0 Å². The second-order valence-corrected chi connectivity index (χ2v) is 5.93. The standard InChI is InChI=1S/C20H24/c1-2-16-10-6-7-13-18(16)20-15-9-8-14-19(20)17-11-4-3-5-12-17/h6-10,13-15,17H,2-5,11-12H2,1H3. The molecule has 0 radical (unpaired) electrons. The van der Waals surface area contributed by atoms with Crippen LogP contribution in [-0.4, -0.2) is 0 Å². The van der Waals surface area contributed by atoms with E-state index in [-0.39, 0.29) is 0 Å². The van der Waals surface area contributed by atoms with E-state index >= 15 is 0 Å². The summed E-state index contributed by atoms with van der Waals surface area (Å²) in [6.07, 6.45) is 8.05. The molecule has 0 spiro atoms. The molecule has 3 rings (SSSR count). The first-order valence-corrected chi connectivity index (χ1v) is 8.07. The van der Waals surface area contributed by atoms with E-state index in [1.54, 1.807) is 5.56 Å². The van der Waals surface area contributed by atoms with E-state index in [0.29, 0.717) is 0 Å². The number of hydrogen-bond donors (Lipinski definition) is 0. The molecule has 0 amide bonds. The average molecular weight is 264 g/mol. The quantitative estimate of drug-likeness (QED) is 0.641. The van der Waals surface area contributed by atoms with Crippen LogP contribution in [0.1, 0.15) is 56.1 Å². The molecule has 0 N–H and O–H groups in total. The average Bonchev–Trinajstić information content (AvgIpc) is 2.55. The van der Waals surface area contributed by atoms with E-state index in [2.05, 4.69) is 55.5 Å². The molecular formula is C20H24. The van der Waals surface area contributed by atoms with Gasteiger partial charge in [0.25, 0.3) is 0 Å². The second kappa shape index (κ2) is 6.26. The van der Waals surface area contributed by atoms with Crippen LogP contribution in [0.3, 0.4) is 0 Å². The van der Waals surface area contributed by atoms with E-state index < -0.39 is 0 Å². The molecule has 1 aliphatic rings. The smallest absolute Gasteiger partial charge is 0.0146 e. The first-order chi connectivity index (χ1) is 9.90. The third-order valence-electron chi connectivity index (χ3n) is 4.69. The summed E-state index contributed by atoms with van der Waals surface area (Å²) in [5.74, 6) is 0.768. The number of hydrogen-bond acceptors (Lipinski definition) is 0. The molecule has 0 aromatic heterocycles. The Labute approximate surface area is 122 Å². The summed E-state index contributed by atoms with van der Waals surface area (Å²) in [4.78, 5) is 0. The van der Waals surface area contributed by atoms with Crippen LogP contribution in [0.5, 0.6) is 0 Å². The van der Waals surface area contributed by atoms with E-state index in [9.17, 15) is 0 Å². The van der Waals surface area contributed by atoms with Gasteiger partial charge >= 0.3 is 0 Å². The van der Waals surface area contributed by atoms with Crippen molar-refractivity contribution in [1.82, 2.24) is 0 Å². The molecule has 0 heteroatoms. The fourth-order valence-electron chi connectivity index (χ4n) is 3.60. The summed E-state index contributed by atoms with van der Waals surface area (Å²) in [6.45, 7) is 2.25. The Morgan fingerprint density at radius 1 is 0.800 bits per heavy atom. The van der Waals surface area contributed by atoms with Crippen molar-refractivity contribution in [3.8, 4) is 11.1 Å². The third kappa shape index (κ3) is 2.65. The molecule has 1 fully saturated rings. The molecule has 0 heterocycles. The zero-order chi connectivity index (χ0) is 13.8. The van der Waals surface area contributed by atoms with Crippen molar-refractivity contribution in [1.29, 1.82) is 0 Å². The lowest BCUT2D eigenvalue weighted by Crippen LogP contribution is -2.06. The highest BCUT2D eigenvalue weighted by Crippen LogP contribution is 2.38. The van der Waals surface area contributed by atoms with Crippen molar-refractivity contribution in [2.75, 3.05) is 0 Å². The van der Waals surface area contributed by atoms with Crippen molar-refractivity contribution in [2.45, 2.75) is 51.4 Å². The van der Waals surface area contributed by atoms with Crippen molar-refractivity contribution in [3.63, 3.8) is 0 Å². The number of aryl methyl sites for hydroxylation is 1. The van der Waals surface area contributed by atoms with Gasteiger partial charge in [0.15, 0.2) is 0 Å². The van der Waals surface area contributed by atoms with Crippen LogP contribution in [0.15, 0.2) is 48.5 Å². The Morgan fingerprint density at radius 2 is 1.45 bits per heavy atom. The van der Waals surface area contributed by atoms with Crippen LogP contribution in [0.25, 0.3) is 11.1 Å². The zero-order valence-corrected chi connectivity index (χ0v) is 12.4. The molecule has 0 nitrogen and oxygen atoms in total. The molecule has 0 aliphatic heterocycles. The SMILES string of the molecule is CCc1ccccc1-c1ccccc1C1CCCCC1. The number of rotatable bonds is 3. The molecule has 104 valence electrons. The summed E-state index contributed by atoms with van der Waals surface area (Å²) in [7, 11) is 0. The molecule has 0 atom stereocenters. The van der Waals surface area contributed by atoms with Crippen molar-refractivity contribution in [2.24, 2.45) is 0 Å². The van der Waals surface area contributed by atoms with E-state index in [1.165, 1.54) is 48.8 Å². The fraction of sp³-hybridized carbons (Fsp3) is 0.400. The molecule has 0 bridgehead atoms. The maximum atomic E-state index is 2.36. The minimum Gasteiger partial charge on any atom is -0.0620 e. The van der Waals surface area contributed by atoms with Crippen LogP contribution in [0.4, 0.5) is 0 Å². The van der Waals surface area contributed by atoms with Gasteiger partial charge in [-0.25, -0.2) is 0 Å². The van der Waals surface area contributed by atoms with Crippen LogP contribution < -0.4 is 0 Å². The molecule has 0 unspecified atom stereocenters. The van der Waals surface area contributed by atoms with Gasteiger partial charge in [-0.1, -0.05) is 74.7 Å². The Kier molecular flexibility index (Phi) is 4.20. The summed E-state index contributed by atoms with van der Waals surface area (Å²) in [5.41, 5.74) is 5.96. The number of benzene rings is 2. The second-order valence-electron chi connectivity index (χ2n) is 5.93. The Balaban J connectivity index is 2.05. The lowest BCUT2D eigenvalue weighted by Gasteiger charge is -2.25. The highest BCUT2D eigenvalue weighted by molar-refractivity contribution is 5.71. The van der Waals surface area contributed by atoms with Crippen molar-refractivity contribution in [3.05, 3.63) is 59.7 Å². The molecule has 1 aliphatic carbocycles. The Morgan fingerprint density at radius 3 is 2.20 bits per heavy atom. The molecule has 2 aromatic rings. The lowest BCUT2D eigenvalue weighted by atomic mass is 9.80. The van der Waals surface area contributed by atoms with E-state index in [0.717, 1.165) is 12.3 Å². The molecule has 0 saturated heterocycles. The molecular weight excluding hydrogens is 240 g/mol. The Hall–Kier alpha value is -1.56. The minimum atomic E-state index is 0.768. The first-order valence-electron chi connectivity index (χ1n) is 8.07. The third-order valence-corrected chi connectivity index (χ3v) is 4.69. The minimum absolute atomic E-state index is 0.768. The highest BCUT2D eigenvalue weighted by Gasteiger charge is 2.19. The van der Waals surface area contributed by atoms with Crippen molar-refractivity contribution < 1.29 is 0 Å². The van der Waals surface area contributed by atoms with Gasteiger partial charge in [-0.15, -0.1) is 0 Å². The first kappa shape index (κ1) is 13.4. The van der Waals surface area contributed by atoms with Gasteiger partial charge < -0.3 is 0 Å². The zero-order valence-electron chi connectivity index (χ0n) is 12.4. The van der Waals surface area contributed by atoms with Gasteiger partial charge in [0.1, 0.15) is 0 Å². The maximum absolute atomic E-state index is 2.36. The molecule has 2 aromatic carbocycles. The summed E-state index contributed by atoms with van der Waals surface area (Å²) < 4.78 is 0. The highest BCUT2D eigenvalue weighted by atomic mass is 14.2. The normalized spacial score (nSPS) is 16.2. The van der Waals surface area contributed by atoms with E-state index in [1.807, 2.05) is 0 Å². The van der Waals surface area contributed by atoms with E-state index in [4.69, 9.17) is 0 Å². The van der Waals surface area contributed by atoms with Crippen molar-refractivity contribution >= 4 is 0 Å². The van der Waals surface area contributed by atoms with Crippen LogP contribution in [0.2, 0.25) is 0 Å². The van der Waals surface area contributed by atoms with Gasteiger partial charge in [-0.05, 0) is 47.4 Å². The largest absolute Gasteiger partial charge is 0.0620 e. The van der Waals surface area contributed by atoms with Gasteiger partial charge in [0.2, 0.25) is 0 Å². The topological polar surface area (TPSA) is 0 Å². The maximum Gasteiger partial charge on any atom is -0.0146 e. The monoisotopic (exact) mass is 264 g/mol. The van der Waals surface area contributed by atoms with Gasteiger partial charge in [0.05, 0.1) is 0 Å². The van der Waals surface area contributed by atoms with Gasteiger partial charge in [-0.2, -0.15) is 0 Å². The summed E-state index contributed by atoms with van der Waals surface area (Å²) >= 11 is 0. The van der Waals surface area contributed by atoms with Gasteiger partial charge in [0, 0.05) is 0 Å². The fourth-order valence-corrected chi connectivity index (χ4v) is 3.60. The summed E-state index contributed by atoms with van der Waals surface area (Å²) in [6, 6.07) is 18.0. The lowest BCUT2D eigenvalue weighted by molar-refractivity contribution is 0.444. The predicted octanol–water partition coefficient (Wildman–Crippen LogP) is 5.96. The molecule has 20 heavy (non-hydrogen) atoms. The van der Waals surface area contributed by atoms with Crippen LogP contribution in [-0.2, 0) is 6.42 Å².